The quantitative estimate of drug-likeness (QED) is 0.277. The van der Waals surface area contributed by atoms with Crippen molar-refractivity contribution in [3.63, 3.8) is 0 Å². The average molecular weight is 524 g/mol. The first-order chi connectivity index (χ1) is 17.6. The van der Waals surface area contributed by atoms with Gasteiger partial charge in [0.25, 0.3) is 11.8 Å². The number of hydrogen-bond acceptors (Lipinski definition) is 7. The number of hydrogen-bond donors (Lipinski definition) is 1. The number of rotatable bonds is 4. The second-order valence-corrected chi connectivity index (χ2v) is 10.4. The van der Waals surface area contributed by atoms with Gasteiger partial charge in [0, 0.05) is 32.9 Å². The van der Waals surface area contributed by atoms with Crippen molar-refractivity contribution in [3.8, 4) is 0 Å². The van der Waals surface area contributed by atoms with Gasteiger partial charge in [0.2, 0.25) is 11.8 Å². The Morgan fingerprint density at radius 3 is 2.49 bits per heavy atom. The Labute approximate surface area is 220 Å². The van der Waals surface area contributed by atoms with Crippen LogP contribution in [-0.4, -0.2) is 82.7 Å². The molecule has 1 aromatic carbocycles. The Kier molecular flexibility index (Phi) is 6.13. The molecule has 3 fully saturated rings. The van der Waals surface area contributed by atoms with Crippen molar-refractivity contribution < 1.29 is 24.0 Å². The van der Waals surface area contributed by atoms with E-state index in [0.29, 0.717) is 25.1 Å². The maximum Gasteiger partial charge on any atom is 0.332 e. The number of barbiturate groups is 1. The molecule has 194 valence electrons. The van der Waals surface area contributed by atoms with Crippen molar-refractivity contribution in [1.29, 1.82) is 0 Å². The van der Waals surface area contributed by atoms with Crippen LogP contribution in [0.1, 0.15) is 43.7 Å². The Morgan fingerprint density at radius 1 is 1.11 bits per heavy atom. The summed E-state index contributed by atoms with van der Waals surface area (Å²) in [6, 6.07) is 4.57. The molecule has 10 nitrogen and oxygen atoms in total. The maximum atomic E-state index is 13.6. The van der Waals surface area contributed by atoms with Crippen molar-refractivity contribution in [2.45, 2.75) is 45.1 Å². The minimum absolute atomic E-state index is 0.0240. The highest BCUT2D eigenvalue weighted by Gasteiger charge is 2.63. The molecule has 0 radical (unpaired) electrons. The van der Waals surface area contributed by atoms with Crippen LogP contribution in [0.2, 0.25) is 0 Å². The number of thiocarbonyl (C=S) groups is 1. The number of nitrogens with one attached hydrogen (secondary N) is 1. The molecule has 1 atom stereocenters. The molecule has 0 saturated carbocycles. The van der Waals surface area contributed by atoms with Crippen LogP contribution in [0.25, 0.3) is 6.08 Å². The first-order valence-electron chi connectivity index (χ1n) is 12.5. The van der Waals surface area contributed by atoms with E-state index in [1.54, 1.807) is 0 Å². The lowest BCUT2D eigenvalue weighted by molar-refractivity contribution is -0.159. The third-order valence-electron chi connectivity index (χ3n) is 7.88. The highest BCUT2D eigenvalue weighted by atomic mass is 32.1. The zero-order valence-electron chi connectivity index (χ0n) is 21.1. The number of imide groups is 2. The Balaban J connectivity index is 1.55. The molecule has 0 bridgehead atoms. The third-order valence-corrected chi connectivity index (χ3v) is 8.20. The van der Waals surface area contributed by atoms with E-state index >= 15 is 0 Å². The van der Waals surface area contributed by atoms with Crippen LogP contribution in [0.15, 0.2) is 23.8 Å². The summed E-state index contributed by atoms with van der Waals surface area (Å²) < 4.78 is 0. The van der Waals surface area contributed by atoms with Gasteiger partial charge in [-0.15, -0.1) is 0 Å². The first kappa shape index (κ1) is 25.1. The second kappa shape index (κ2) is 9.05. The van der Waals surface area contributed by atoms with Gasteiger partial charge in [0.15, 0.2) is 10.5 Å². The van der Waals surface area contributed by atoms with E-state index in [4.69, 9.17) is 12.2 Å². The van der Waals surface area contributed by atoms with Crippen LogP contribution < -0.4 is 10.2 Å². The van der Waals surface area contributed by atoms with Gasteiger partial charge in [-0.25, -0.2) is 4.79 Å². The number of fused-ring (bicyclic) bond motifs is 4. The molecule has 5 rings (SSSR count). The van der Waals surface area contributed by atoms with E-state index in [9.17, 15) is 24.0 Å². The van der Waals surface area contributed by atoms with Gasteiger partial charge in [-0.3, -0.25) is 39.2 Å². The van der Waals surface area contributed by atoms with Crippen molar-refractivity contribution in [2.24, 2.45) is 5.41 Å². The number of unbranched alkanes of at least 4 members (excludes halogenated alkanes) is 1. The lowest BCUT2D eigenvalue weighted by Crippen LogP contribution is -2.70. The van der Waals surface area contributed by atoms with Crippen LogP contribution in [0.3, 0.4) is 0 Å². The van der Waals surface area contributed by atoms with Gasteiger partial charge in [-0.1, -0.05) is 19.4 Å². The van der Waals surface area contributed by atoms with E-state index in [1.807, 2.05) is 25.1 Å². The smallest absolute Gasteiger partial charge is 0.332 e. The molecule has 1 N–H and O–H groups in total. The Morgan fingerprint density at radius 2 is 1.81 bits per heavy atom. The first-order valence-corrected chi connectivity index (χ1v) is 12.9. The molecule has 11 heteroatoms. The highest BCUT2D eigenvalue weighted by Crippen LogP contribution is 2.49. The molecule has 4 aliphatic heterocycles. The van der Waals surface area contributed by atoms with E-state index in [1.165, 1.54) is 25.1 Å². The van der Waals surface area contributed by atoms with Crippen molar-refractivity contribution in [3.05, 3.63) is 34.9 Å². The van der Waals surface area contributed by atoms with Gasteiger partial charge in [0.05, 0.1) is 6.04 Å². The highest BCUT2D eigenvalue weighted by molar-refractivity contribution is 7.80. The standard InChI is InChI=1S/C26H29N5O5S/c1-4-5-10-31-21(33)17(20(32)27-24(31)37)13-15-8-9-18-16(12-15)14-26(19-7-6-11-30(18)19)22(34)28(2)25(36)29(3)23(26)35/h8-9,12-13,19H,4-7,10-11,14H2,1-3H3,(H,27,32,37)/b17-13+/t19-/m0/s1. The summed E-state index contributed by atoms with van der Waals surface area (Å²) in [5.74, 6) is -1.99. The average Bonchev–Trinajstić information content (AvgIpc) is 3.38. The van der Waals surface area contributed by atoms with Gasteiger partial charge < -0.3 is 4.90 Å². The predicted octanol–water partition coefficient (Wildman–Crippen LogP) is 1.68. The molecule has 3 saturated heterocycles. The lowest BCUT2D eigenvalue weighted by Gasteiger charge is -2.50. The fraction of sp³-hybridized carbons (Fsp3) is 0.462. The van der Waals surface area contributed by atoms with Crippen LogP contribution >= 0.6 is 12.2 Å². The summed E-state index contributed by atoms with van der Waals surface area (Å²) in [7, 11) is 2.82. The number of amides is 6. The van der Waals surface area contributed by atoms with E-state index in [2.05, 4.69) is 10.2 Å². The van der Waals surface area contributed by atoms with Gasteiger partial charge in [-0.05, 0) is 67.2 Å². The van der Waals surface area contributed by atoms with Crippen LogP contribution in [0, 0.1) is 5.41 Å². The minimum Gasteiger partial charge on any atom is -0.367 e. The summed E-state index contributed by atoms with van der Waals surface area (Å²) in [6.07, 6.45) is 4.76. The monoisotopic (exact) mass is 523 g/mol. The number of anilines is 1. The van der Waals surface area contributed by atoms with Crippen molar-refractivity contribution in [1.82, 2.24) is 20.0 Å². The zero-order valence-corrected chi connectivity index (χ0v) is 21.9. The van der Waals surface area contributed by atoms with E-state index < -0.39 is 35.1 Å². The molecule has 4 aliphatic rings. The van der Waals surface area contributed by atoms with E-state index in [0.717, 1.165) is 40.3 Å². The molecule has 1 spiro atoms. The Bertz CT molecular complexity index is 1270. The molecule has 0 unspecified atom stereocenters. The summed E-state index contributed by atoms with van der Waals surface area (Å²) in [6.45, 7) is 3.11. The van der Waals surface area contributed by atoms with Gasteiger partial charge in [0.1, 0.15) is 5.57 Å². The summed E-state index contributed by atoms with van der Waals surface area (Å²) >= 11 is 5.20. The van der Waals surface area contributed by atoms with Crippen LogP contribution in [0.4, 0.5) is 10.5 Å². The molecule has 37 heavy (non-hydrogen) atoms. The molecule has 0 aliphatic carbocycles. The van der Waals surface area contributed by atoms with E-state index in [-0.39, 0.29) is 23.1 Å². The van der Waals surface area contributed by atoms with Gasteiger partial charge >= 0.3 is 6.03 Å². The van der Waals surface area contributed by atoms with Gasteiger partial charge in [-0.2, -0.15) is 0 Å². The van der Waals surface area contributed by atoms with Crippen molar-refractivity contribution in [2.75, 3.05) is 32.1 Å². The van der Waals surface area contributed by atoms with Crippen molar-refractivity contribution >= 4 is 58.8 Å². The number of carbonyl (C=O) groups excluding carboxylic acids is 5. The number of urea groups is 1. The topological polar surface area (TPSA) is 110 Å². The molecule has 1 aromatic rings. The molecular formula is C26H29N5O5S. The molecule has 6 amide bonds. The normalized spacial score (nSPS) is 24.3. The number of carbonyl (C=O) groups is 5. The zero-order chi connectivity index (χ0) is 26.6. The third kappa shape index (κ3) is 3.66. The summed E-state index contributed by atoms with van der Waals surface area (Å²) in [4.78, 5) is 70.9. The van der Waals surface area contributed by atoms with Crippen LogP contribution in [-0.2, 0) is 25.6 Å². The fourth-order valence-electron chi connectivity index (χ4n) is 6.01. The number of nitrogens with zero attached hydrogens (tertiary/aromatic N) is 4. The maximum absolute atomic E-state index is 13.6. The SMILES string of the molecule is CCCCN1C(=O)/C(=C/c2ccc3c(c2)CC2(C(=O)N(C)C(=O)N(C)C2=O)[C@@H]2CCCN32)C(=O)NC1=S. The fourth-order valence-corrected chi connectivity index (χ4v) is 6.27. The summed E-state index contributed by atoms with van der Waals surface area (Å²) in [5.41, 5.74) is 0.843. The largest absolute Gasteiger partial charge is 0.367 e. The Hall–Kier alpha value is -3.60. The molecule has 4 heterocycles. The minimum atomic E-state index is -1.41. The molecule has 0 aromatic heterocycles. The molecular weight excluding hydrogens is 494 g/mol. The predicted molar refractivity (Wildman–Crippen MR) is 139 cm³/mol. The van der Waals surface area contributed by atoms with Crippen LogP contribution in [0.5, 0.6) is 0 Å². The second-order valence-electron chi connectivity index (χ2n) is 10.0. The number of benzene rings is 1. The summed E-state index contributed by atoms with van der Waals surface area (Å²) in [5, 5.41) is 2.69. The lowest BCUT2D eigenvalue weighted by atomic mass is 9.68.